The van der Waals surface area contributed by atoms with Gasteiger partial charge in [0.1, 0.15) is 34.4 Å². The van der Waals surface area contributed by atoms with E-state index in [9.17, 15) is 22.8 Å². The number of rotatable bonds is 5. The molecule has 41 heavy (non-hydrogen) atoms. The van der Waals surface area contributed by atoms with E-state index in [-0.39, 0.29) is 35.1 Å². The minimum absolute atomic E-state index is 0.00708. The predicted molar refractivity (Wildman–Crippen MR) is 143 cm³/mol. The number of halogens is 3. The fraction of sp³-hybridized carbons (Fsp3) is 0.321. The second-order valence-corrected chi connectivity index (χ2v) is 10.2. The lowest BCUT2D eigenvalue weighted by molar-refractivity contribution is -0.137. The number of hydrogen-bond donors (Lipinski definition) is 2. The number of pyridine rings is 1. The molecular formula is C28H26F3N7O3. The van der Waals surface area contributed by atoms with E-state index in [0.29, 0.717) is 35.5 Å². The van der Waals surface area contributed by atoms with E-state index >= 15 is 0 Å². The number of alkyl halides is 3. The van der Waals surface area contributed by atoms with Crippen molar-refractivity contribution >= 4 is 29.0 Å². The van der Waals surface area contributed by atoms with Gasteiger partial charge in [0.25, 0.3) is 5.91 Å². The molecule has 2 atom stereocenters. The van der Waals surface area contributed by atoms with Gasteiger partial charge in [-0.05, 0) is 49.6 Å². The van der Waals surface area contributed by atoms with Gasteiger partial charge in [-0.3, -0.25) is 14.0 Å². The predicted octanol–water partition coefficient (Wildman–Crippen LogP) is 4.52. The molecule has 0 bridgehead atoms. The molecule has 212 valence electrons. The third-order valence-electron chi connectivity index (χ3n) is 7.74. The van der Waals surface area contributed by atoms with Crippen LogP contribution in [0.3, 0.4) is 0 Å². The van der Waals surface area contributed by atoms with Gasteiger partial charge in [0.15, 0.2) is 0 Å². The summed E-state index contributed by atoms with van der Waals surface area (Å²) in [6.07, 6.45) is 3.01. The van der Waals surface area contributed by atoms with Gasteiger partial charge in [0.05, 0.1) is 12.7 Å². The molecule has 10 nitrogen and oxygen atoms in total. The number of benzene rings is 1. The van der Waals surface area contributed by atoms with Crippen LogP contribution in [-0.2, 0) is 11.0 Å². The largest absolute Gasteiger partial charge is 0.496 e. The van der Waals surface area contributed by atoms with E-state index in [4.69, 9.17) is 15.5 Å². The van der Waals surface area contributed by atoms with Gasteiger partial charge in [0, 0.05) is 54.6 Å². The maximum atomic E-state index is 13.1. The highest BCUT2D eigenvalue weighted by Crippen LogP contribution is 2.40. The SMILES string of the molecule is COc1cc(C(=O)Nc2cc(C(F)(F)F)ccn2)ccc1-c1nc(C2CCC3CCC(=O)N3C2)n2ccnc(N)c12. The molecule has 0 aliphatic carbocycles. The summed E-state index contributed by atoms with van der Waals surface area (Å²) in [6.45, 7) is 0.574. The number of anilines is 2. The number of nitrogen functional groups attached to an aromatic ring is 1. The van der Waals surface area contributed by atoms with E-state index in [2.05, 4.69) is 15.3 Å². The quantitative estimate of drug-likeness (QED) is 0.364. The summed E-state index contributed by atoms with van der Waals surface area (Å²) < 4.78 is 46.7. The fourth-order valence-corrected chi connectivity index (χ4v) is 5.73. The Morgan fingerprint density at radius 1 is 1.12 bits per heavy atom. The highest BCUT2D eigenvalue weighted by atomic mass is 19.4. The zero-order valence-corrected chi connectivity index (χ0v) is 22.0. The molecular weight excluding hydrogens is 539 g/mol. The standard InChI is InChI=1S/C28H26F3N7O3/c1-41-20-12-15(27(40)35-21-13-17(8-9-33-21)28(29,30)31)3-6-19(20)23-24-25(32)34-10-11-37(24)26(36-23)16-2-4-18-5-7-22(39)38(18)14-16/h3,6,8-13,16,18H,2,4-5,7,14H2,1H3,(H2,32,34)(H,33,35,40). The van der Waals surface area contributed by atoms with Crippen LogP contribution in [0.2, 0.25) is 0 Å². The number of fused-ring (bicyclic) bond motifs is 2. The van der Waals surface area contributed by atoms with Crippen LogP contribution in [0.4, 0.5) is 24.8 Å². The van der Waals surface area contributed by atoms with Crippen molar-refractivity contribution < 1.29 is 27.5 Å². The van der Waals surface area contributed by atoms with E-state index in [1.165, 1.54) is 19.2 Å². The average Bonchev–Trinajstić information content (AvgIpc) is 3.53. The third-order valence-corrected chi connectivity index (χ3v) is 7.74. The molecule has 4 aromatic rings. The molecule has 0 saturated carbocycles. The number of carbonyl (C=O) groups excluding carboxylic acids is 2. The first-order chi connectivity index (χ1) is 19.6. The summed E-state index contributed by atoms with van der Waals surface area (Å²) in [5.74, 6) is 0.578. The Morgan fingerprint density at radius 2 is 1.95 bits per heavy atom. The molecule has 2 aliphatic heterocycles. The lowest BCUT2D eigenvalue weighted by Gasteiger charge is -2.34. The number of carbonyl (C=O) groups is 2. The van der Waals surface area contributed by atoms with Gasteiger partial charge in [-0.25, -0.2) is 15.0 Å². The summed E-state index contributed by atoms with van der Waals surface area (Å²) in [4.78, 5) is 40.4. The van der Waals surface area contributed by atoms with Crippen molar-refractivity contribution in [2.75, 3.05) is 24.7 Å². The van der Waals surface area contributed by atoms with Crippen LogP contribution in [0.1, 0.15) is 53.3 Å². The van der Waals surface area contributed by atoms with Crippen LogP contribution >= 0.6 is 0 Å². The highest BCUT2D eigenvalue weighted by molar-refractivity contribution is 6.04. The number of nitrogens with one attached hydrogen (secondary N) is 1. The average molecular weight is 566 g/mol. The van der Waals surface area contributed by atoms with E-state index in [1.807, 2.05) is 9.30 Å². The Kier molecular flexibility index (Phi) is 6.51. The molecule has 2 unspecified atom stereocenters. The molecule has 2 aliphatic rings. The topological polar surface area (TPSA) is 128 Å². The lowest BCUT2D eigenvalue weighted by Crippen LogP contribution is -2.41. The lowest BCUT2D eigenvalue weighted by atomic mass is 9.92. The second kappa shape index (κ2) is 10.1. The number of aromatic nitrogens is 4. The maximum absolute atomic E-state index is 13.1. The molecule has 0 radical (unpaired) electrons. The van der Waals surface area contributed by atoms with Crippen molar-refractivity contribution in [2.45, 2.75) is 43.8 Å². The Balaban J connectivity index is 1.34. The van der Waals surface area contributed by atoms with Gasteiger partial charge in [0.2, 0.25) is 5.91 Å². The molecule has 6 rings (SSSR count). The van der Waals surface area contributed by atoms with E-state index in [0.717, 1.165) is 43.4 Å². The van der Waals surface area contributed by atoms with Crippen molar-refractivity contribution in [3.63, 3.8) is 0 Å². The smallest absolute Gasteiger partial charge is 0.416 e. The molecule has 3 N–H and O–H groups in total. The molecule has 2 fully saturated rings. The molecule has 1 aromatic carbocycles. The summed E-state index contributed by atoms with van der Waals surface area (Å²) in [6, 6.07) is 6.51. The third kappa shape index (κ3) is 4.81. The Morgan fingerprint density at radius 3 is 2.73 bits per heavy atom. The van der Waals surface area contributed by atoms with Crippen molar-refractivity contribution in [3.05, 3.63) is 65.9 Å². The van der Waals surface area contributed by atoms with Crippen LogP contribution in [0.25, 0.3) is 16.8 Å². The molecule has 5 heterocycles. The summed E-state index contributed by atoms with van der Waals surface area (Å²) >= 11 is 0. The van der Waals surface area contributed by atoms with Crippen LogP contribution < -0.4 is 15.8 Å². The highest BCUT2D eigenvalue weighted by Gasteiger charge is 2.38. The van der Waals surface area contributed by atoms with Crippen molar-refractivity contribution in [1.29, 1.82) is 0 Å². The first-order valence-electron chi connectivity index (χ1n) is 13.1. The number of nitrogens with two attached hydrogens (primary N) is 1. The number of amides is 2. The van der Waals surface area contributed by atoms with Crippen molar-refractivity contribution in [2.24, 2.45) is 0 Å². The minimum atomic E-state index is -4.57. The van der Waals surface area contributed by atoms with Crippen molar-refractivity contribution in [1.82, 2.24) is 24.3 Å². The fourth-order valence-electron chi connectivity index (χ4n) is 5.73. The molecule has 3 aromatic heterocycles. The zero-order valence-electron chi connectivity index (χ0n) is 22.0. The zero-order chi connectivity index (χ0) is 28.9. The Labute approximate surface area is 232 Å². The Bertz CT molecular complexity index is 1670. The van der Waals surface area contributed by atoms with Crippen LogP contribution in [-0.4, -0.2) is 55.8 Å². The molecule has 2 saturated heterocycles. The molecule has 2 amide bonds. The second-order valence-electron chi connectivity index (χ2n) is 10.2. The maximum Gasteiger partial charge on any atom is 0.416 e. The number of ether oxygens (including phenoxy) is 1. The minimum Gasteiger partial charge on any atom is -0.496 e. The summed E-state index contributed by atoms with van der Waals surface area (Å²) in [5, 5.41) is 2.40. The van der Waals surface area contributed by atoms with Gasteiger partial charge >= 0.3 is 6.18 Å². The van der Waals surface area contributed by atoms with Gasteiger partial charge < -0.3 is 20.7 Å². The first-order valence-corrected chi connectivity index (χ1v) is 13.1. The number of methoxy groups -OCH3 is 1. The van der Waals surface area contributed by atoms with Crippen LogP contribution in [0, 0.1) is 0 Å². The normalized spacial score (nSPS) is 18.9. The van der Waals surface area contributed by atoms with Crippen LogP contribution in [0.5, 0.6) is 5.75 Å². The van der Waals surface area contributed by atoms with E-state index in [1.54, 1.807) is 18.5 Å². The molecule has 13 heteroatoms. The number of nitrogens with zero attached hydrogens (tertiary/aromatic N) is 5. The van der Waals surface area contributed by atoms with Crippen LogP contribution in [0.15, 0.2) is 48.9 Å². The number of hydrogen-bond acceptors (Lipinski definition) is 7. The molecule has 0 spiro atoms. The van der Waals surface area contributed by atoms with Gasteiger partial charge in [-0.15, -0.1) is 0 Å². The first kappa shape index (κ1) is 26.5. The Hall–Kier alpha value is -4.68. The van der Waals surface area contributed by atoms with E-state index < -0.39 is 17.6 Å². The van der Waals surface area contributed by atoms with Crippen molar-refractivity contribution in [3.8, 4) is 17.0 Å². The summed E-state index contributed by atoms with van der Waals surface area (Å²) in [5.41, 5.74) is 7.16. The number of imidazole rings is 1. The number of piperidine rings is 1. The monoisotopic (exact) mass is 565 g/mol. The van der Waals surface area contributed by atoms with Gasteiger partial charge in [-0.1, -0.05) is 0 Å². The van der Waals surface area contributed by atoms with Gasteiger partial charge in [-0.2, -0.15) is 13.2 Å². The summed E-state index contributed by atoms with van der Waals surface area (Å²) in [7, 11) is 1.44.